The molecule has 6 heteroatoms. The number of benzene rings is 2. The molecule has 1 atom stereocenters. The van der Waals surface area contributed by atoms with Crippen molar-refractivity contribution in [3.8, 4) is 5.75 Å². The number of nitrogens with zero attached hydrogens (tertiary/aromatic N) is 3. The molecule has 5 nitrogen and oxygen atoms in total. The fourth-order valence-electron chi connectivity index (χ4n) is 1.61. The lowest BCUT2D eigenvalue weighted by Gasteiger charge is -1.96. The van der Waals surface area contributed by atoms with E-state index < -0.39 is 10.8 Å². The minimum absolute atomic E-state index is 0.203. The number of hydrogen-bond acceptors (Lipinski definition) is 5. The lowest BCUT2D eigenvalue weighted by Crippen LogP contribution is -1.97. The Morgan fingerprint density at radius 3 is 2.09 bits per heavy atom. The molecule has 22 heavy (non-hydrogen) atoms. The second-order valence-electron chi connectivity index (χ2n) is 4.62. The van der Waals surface area contributed by atoms with Crippen molar-refractivity contribution in [2.75, 3.05) is 18.6 Å². The van der Waals surface area contributed by atoms with Crippen LogP contribution < -0.4 is 0 Å². The molecule has 2 rings (SSSR count). The van der Waals surface area contributed by atoms with Gasteiger partial charge >= 0.3 is 0 Å². The molecular weight excluding hydrogens is 298 g/mol. The van der Waals surface area contributed by atoms with Crippen molar-refractivity contribution in [1.29, 1.82) is 0 Å². The van der Waals surface area contributed by atoms with E-state index in [-0.39, 0.29) is 5.75 Å². The van der Waals surface area contributed by atoms with Gasteiger partial charge in [0.15, 0.2) is 0 Å². The molecule has 0 saturated carbocycles. The summed E-state index contributed by atoms with van der Waals surface area (Å²) in [5, 5.41) is 17.4. The van der Waals surface area contributed by atoms with E-state index in [0.717, 1.165) is 11.3 Å². The Bertz CT molecular complexity index is 680. The molecule has 1 unspecified atom stereocenters. The predicted octanol–water partition coefficient (Wildman–Crippen LogP) is 3.61. The molecule has 0 bridgehead atoms. The molecule has 0 heterocycles. The van der Waals surface area contributed by atoms with Gasteiger partial charge in [-0.1, -0.05) is 12.1 Å². The number of rotatable bonds is 6. The van der Waals surface area contributed by atoms with E-state index in [1.165, 1.54) is 0 Å². The van der Waals surface area contributed by atoms with Gasteiger partial charge in [-0.2, -0.15) is 10.2 Å². The third-order valence-corrected chi connectivity index (χ3v) is 3.53. The molecule has 0 aromatic heterocycles. The molecule has 0 aliphatic rings. The van der Waals surface area contributed by atoms with Crippen LogP contribution in [0, 0.1) is 0 Å². The summed E-state index contributed by atoms with van der Waals surface area (Å²) in [7, 11) is -0.806. The molecule has 2 aromatic rings. The predicted molar refractivity (Wildman–Crippen MR) is 90.1 cm³/mol. The van der Waals surface area contributed by atoms with Gasteiger partial charge in [0, 0.05) is 29.0 Å². The summed E-state index contributed by atoms with van der Waals surface area (Å²) in [5.41, 5.74) is 2.38. The average molecular weight is 315 g/mol. The van der Waals surface area contributed by atoms with Gasteiger partial charge < -0.3 is 5.11 Å². The fraction of sp³-hybridized carbons (Fsp3) is 0.188. The van der Waals surface area contributed by atoms with E-state index >= 15 is 0 Å². The number of azo groups is 1. The van der Waals surface area contributed by atoms with E-state index in [9.17, 15) is 9.32 Å². The summed E-state index contributed by atoms with van der Waals surface area (Å²) in [6, 6.07) is 14.0. The van der Waals surface area contributed by atoms with Gasteiger partial charge in [-0.05, 0) is 42.0 Å². The van der Waals surface area contributed by atoms with E-state index in [2.05, 4.69) is 15.2 Å². The van der Waals surface area contributed by atoms with Gasteiger partial charge in [-0.15, -0.1) is 0 Å². The van der Waals surface area contributed by atoms with Crippen LogP contribution in [-0.2, 0) is 10.8 Å². The normalized spacial score (nSPS) is 13.0. The Morgan fingerprint density at radius 1 is 1.00 bits per heavy atom. The minimum atomic E-state index is -0.806. The summed E-state index contributed by atoms with van der Waals surface area (Å²) >= 11 is 0. The van der Waals surface area contributed by atoms with Gasteiger partial charge in [0.2, 0.25) is 0 Å². The molecule has 0 aliphatic carbocycles. The van der Waals surface area contributed by atoms with Crippen LogP contribution in [0.15, 0.2) is 63.8 Å². The van der Waals surface area contributed by atoms with E-state index in [1.54, 1.807) is 36.7 Å². The van der Waals surface area contributed by atoms with Crippen molar-refractivity contribution < 1.29 is 9.32 Å². The molecule has 0 saturated heterocycles. The lowest BCUT2D eigenvalue weighted by molar-refractivity contribution is 0.475. The summed E-state index contributed by atoms with van der Waals surface area (Å²) in [6.07, 6.45) is 3.43. The third-order valence-electron chi connectivity index (χ3n) is 2.77. The van der Waals surface area contributed by atoms with Crippen LogP contribution in [0.5, 0.6) is 5.75 Å². The van der Waals surface area contributed by atoms with Gasteiger partial charge in [-0.25, -0.2) is 0 Å². The topological polar surface area (TPSA) is 74.4 Å². The first-order valence-corrected chi connectivity index (χ1v) is 8.47. The number of phenolic OH excluding ortho intramolecular Hbond substituents is 1. The van der Waals surface area contributed by atoms with Crippen molar-refractivity contribution >= 4 is 28.4 Å². The summed E-state index contributed by atoms with van der Waals surface area (Å²) in [5.74, 6) is 0.782. The van der Waals surface area contributed by atoms with E-state index in [4.69, 9.17) is 0 Å². The molecule has 114 valence electrons. The second kappa shape index (κ2) is 8.19. The second-order valence-corrected chi connectivity index (χ2v) is 6.18. The molecule has 0 aliphatic heterocycles. The number of hydrogen-bond donors (Lipinski definition) is 1. The van der Waals surface area contributed by atoms with Crippen molar-refractivity contribution in [1.82, 2.24) is 0 Å². The van der Waals surface area contributed by atoms with Gasteiger partial charge in [0.05, 0.1) is 17.9 Å². The van der Waals surface area contributed by atoms with Crippen LogP contribution in [0.25, 0.3) is 0 Å². The highest BCUT2D eigenvalue weighted by atomic mass is 32.2. The molecule has 1 N–H and O–H groups in total. The largest absolute Gasteiger partial charge is 0.508 e. The smallest absolute Gasteiger partial charge is 0.115 e. The Kier molecular flexibility index (Phi) is 5.97. The van der Waals surface area contributed by atoms with Crippen LogP contribution in [0.2, 0.25) is 0 Å². The number of phenols is 1. The fourth-order valence-corrected chi connectivity index (χ4v) is 1.98. The highest BCUT2D eigenvalue weighted by molar-refractivity contribution is 7.84. The van der Waals surface area contributed by atoms with Crippen molar-refractivity contribution in [3.05, 3.63) is 54.1 Å². The van der Waals surface area contributed by atoms with Crippen LogP contribution in [0.3, 0.4) is 0 Å². The Labute approximate surface area is 131 Å². The summed E-state index contributed by atoms with van der Waals surface area (Å²) < 4.78 is 10.9. The van der Waals surface area contributed by atoms with Gasteiger partial charge in [0.25, 0.3) is 0 Å². The quantitative estimate of drug-likeness (QED) is 0.653. The van der Waals surface area contributed by atoms with Crippen LogP contribution in [0.1, 0.15) is 5.56 Å². The first-order valence-electron chi connectivity index (χ1n) is 6.74. The number of aliphatic imine (C=N–C) groups is 1. The maximum atomic E-state index is 10.9. The summed E-state index contributed by atoms with van der Waals surface area (Å²) in [6.45, 7) is 0.561. The van der Waals surface area contributed by atoms with Gasteiger partial charge in [0.1, 0.15) is 5.75 Å². The van der Waals surface area contributed by atoms with Crippen molar-refractivity contribution in [2.45, 2.75) is 0 Å². The maximum Gasteiger partial charge on any atom is 0.115 e. The van der Waals surface area contributed by atoms with E-state index in [1.807, 2.05) is 24.3 Å². The highest BCUT2D eigenvalue weighted by Gasteiger charge is 1.93. The minimum Gasteiger partial charge on any atom is -0.508 e. The van der Waals surface area contributed by atoms with Crippen LogP contribution in [-0.4, -0.2) is 34.1 Å². The molecule has 0 fully saturated rings. The lowest BCUT2D eigenvalue weighted by atomic mass is 10.2. The van der Waals surface area contributed by atoms with E-state index in [0.29, 0.717) is 18.0 Å². The first-order chi connectivity index (χ1) is 10.6. The Morgan fingerprint density at radius 2 is 1.55 bits per heavy atom. The van der Waals surface area contributed by atoms with Gasteiger partial charge in [-0.3, -0.25) is 9.20 Å². The molecule has 0 spiro atoms. The van der Waals surface area contributed by atoms with Crippen molar-refractivity contribution in [3.63, 3.8) is 0 Å². The zero-order chi connectivity index (χ0) is 15.8. The summed E-state index contributed by atoms with van der Waals surface area (Å²) in [4.78, 5) is 4.22. The third kappa shape index (κ3) is 5.57. The van der Waals surface area contributed by atoms with Crippen LogP contribution in [0.4, 0.5) is 11.4 Å². The Hall–Kier alpha value is -2.34. The van der Waals surface area contributed by atoms with Crippen LogP contribution >= 0.6 is 0 Å². The average Bonchev–Trinajstić information content (AvgIpc) is 2.52. The maximum absolute atomic E-state index is 10.9. The molecule has 0 radical (unpaired) electrons. The Balaban J connectivity index is 1.94. The van der Waals surface area contributed by atoms with Crippen molar-refractivity contribution in [2.24, 2.45) is 15.2 Å². The molecule has 0 amide bonds. The zero-order valence-corrected chi connectivity index (χ0v) is 13.0. The number of aromatic hydroxyl groups is 1. The zero-order valence-electron chi connectivity index (χ0n) is 12.2. The standard InChI is InChI=1S/C16H17N3O2S/c1-22(21)11-10-17-12-13-2-4-14(5-3-13)18-19-15-6-8-16(20)9-7-15/h2-9,12,20H,10-11H2,1H3. The first kappa shape index (κ1) is 16.0. The molecular formula is C16H17N3O2S. The molecule has 2 aromatic carbocycles. The highest BCUT2D eigenvalue weighted by Crippen LogP contribution is 2.20. The SMILES string of the molecule is CS(=O)CCN=Cc1ccc(N=Nc2ccc(O)cc2)cc1. The monoisotopic (exact) mass is 315 g/mol.